The Morgan fingerprint density at radius 3 is 2.00 bits per heavy atom. The molecule has 2 heterocycles. The highest BCUT2D eigenvalue weighted by Gasteiger charge is 2.48. The van der Waals surface area contributed by atoms with Gasteiger partial charge < -0.3 is 36.2 Å². The lowest BCUT2D eigenvalue weighted by Gasteiger charge is -2.33. The molecule has 0 spiro atoms. The number of hydrogen-bond donors (Lipinski definition) is 5. The van der Waals surface area contributed by atoms with Gasteiger partial charge in [0.05, 0.1) is 6.04 Å². The number of nitrogens with one attached hydrogen (secondary N) is 5. The first-order valence-electron chi connectivity index (χ1n) is 17.0. The largest absolute Gasteiger partial charge is 0.444 e. The van der Waals surface area contributed by atoms with E-state index in [0.29, 0.717) is 32.2 Å². The van der Waals surface area contributed by atoms with Crippen LogP contribution in [0.3, 0.4) is 0 Å². The molecule has 268 valence electrons. The number of carbonyl (C=O) groups is 5. The van der Waals surface area contributed by atoms with Crippen molar-refractivity contribution < 1.29 is 28.7 Å². The first-order chi connectivity index (χ1) is 22.9. The number of amides is 6. The minimum atomic E-state index is -1.04. The molecule has 2 saturated heterocycles. The van der Waals surface area contributed by atoms with Gasteiger partial charge >= 0.3 is 12.1 Å². The SMILES string of the molecule is C.CCNC(=O)NCC1CCC2CCC(C(=O)NC(c3ccccc3)c3ccccc3)N2C(=O)C1NC(=O)[C@H](CC)NC(=O)OC(C)(C)C. The minimum absolute atomic E-state index is 0. The van der Waals surface area contributed by atoms with Crippen molar-refractivity contribution in [3.8, 4) is 0 Å². The zero-order chi connectivity index (χ0) is 34.8. The first kappa shape index (κ1) is 38.8. The number of ether oxygens (including phenoxy) is 1. The third-order valence-corrected chi connectivity index (χ3v) is 8.80. The third kappa shape index (κ3) is 10.4. The zero-order valence-corrected chi connectivity index (χ0v) is 28.6. The van der Waals surface area contributed by atoms with E-state index in [4.69, 9.17) is 4.74 Å². The van der Waals surface area contributed by atoms with Crippen LogP contribution in [0.5, 0.6) is 0 Å². The fourth-order valence-electron chi connectivity index (χ4n) is 6.48. The maximum Gasteiger partial charge on any atom is 0.408 e. The molecule has 0 aliphatic carbocycles. The van der Waals surface area contributed by atoms with Gasteiger partial charge in [-0.3, -0.25) is 14.4 Å². The molecule has 49 heavy (non-hydrogen) atoms. The normalized spacial score (nSPS) is 20.9. The Balaban J connectivity index is 0.00000650. The molecule has 2 fully saturated rings. The molecule has 5 N–H and O–H groups in total. The lowest BCUT2D eigenvalue weighted by Crippen LogP contribution is -2.60. The second kappa shape index (κ2) is 17.7. The Morgan fingerprint density at radius 1 is 0.857 bits per heavy atom. The van der Waals surface area contributed by atoms with Crippen molar-refractivity contribution in [3.05, 3.63) is 71.8 Å². The average Bonchev–Trinajstić information content (AvgIpc) is 3.44. The fourth-order valence-corrected chi connectivity index (χ4v) is 6.48. The van der Waals surface area contributed by atoms with Crippen LogP contribution in [0.4, 0.5) is 9.59 Å². The summed E-state index contributed by atoms with van der Waals surface area (Å²) in [6.07, 6.45) is 1.78. The molecular weight excluding hydrogens is 624 g/mol. The second-order valence-electron chi connectivity index (χ2n) is 13.4. The van der Waals surface area contributed by atoms with Crippen LogP contribution in [0.25, 0.3) is 0 Å². The Labute approximate surface area is 290 Å². The number of fused-ring (bicyclic) bond motifs is 1. The number of nitrogens with zero attached hydrogens (tertiary/aromatic N) is 1. The molecule has 5 atom stereocenters. The van der Waals surface area contributed by atoms with E-state index in [1.807, 2.05) is 60.7 Å². The van der Waals surface area contributed by atoms with E-state index in [9.17, 15) is 24.0 Å². The van der Waals surface area contributed by atoms with E-state index in [-0.39, 0.29) is 44.3 Å². The van der Waals surface area contributed by atoms with Gasteiger partial charge in [0.15, 0.2) is 0 Å². The van der Waals surface area contributed by atoms with Crippen molar-refractivity contribution in [3.63, 3.8) is 0 Å². The Kier molecular flexibility index (Phi) is 14.0. The number of hydrogen-bond acceptors (Lipinski definition) is 6. The van der Waals surface area contributed by atoms with E-state index in [0.717, 1.165) is 11.1 Å². The van der Waals surface area contributed by atoms with Crippen LogP contribution in [0.15, 0.2) is 60.7 Å². The lowest BCUT2D eigenvalue weighted by molar-refractivity contribution is -0.143. The number of carbonyl (C=O) groups excluding carboxylic acids is 5. The van der Waals surface area contributed by atoms with E-state index >= 15 is 0 Å². The van der Waals surface area contributed by atoms with Crippen LogP contribution < -0.4 is 26.6 Å². The predicted molar refractivity (Wildman–Crippen MR) is 188 cm³/mol. The molecule has 0 bridgehead atoms. The standard InChI is InChI=1S/C36H50N6O6.CH4/c1-6-27(39-35(47)48-36(3,4)5)31(43)41-30-25(22-38-34(46)37-7-2)18-19-26-20-21-28(42(26)33(30)45)32(44)40-29(23-14-10-8-11-15-23)24-16-12-9-13-17-24;/h8-17,25-30H,6-7,18-22H2,1-5H3,(H,39,47)(H,40,44)(H,41,43)(H2,37,38,46);1H4/t25?,26?,27-,28?,30?;/m0./s1. The minimum Gasteiger partial charge on any atom is -0.444 e. The summed E-state index contributed by atoms with van der Waals surface area (Å²) < 4.78 is 5.35. The Bertz CT molecular complexity index is 1380. The Hall–Kier alpha value is -4.61. The maximum atomic E-state index is 14.5. The van der Waals surface area contributed by atoms with Crippen molar-refractivity contribution >= 4 is 29.8 Å². The van der Waals surface area contributed by atoms with Gasteiger partial charge in [-0.1, -0.05) is 75.0 Å². The Morgan fingerprint density at radius 2 is 1.45 bits per heavy atom. The van der Waals surface area contributed by atoms with E-state index in [2.05, 4.69) is 26.6 Å². The number of urea groups is 1. The summed E-state index contributed by atoms with van der Waals surface area (Å²) in [6.45, 7) is 9.31. The summed E-state index contributed by atoms with van der Waals surface area (Å²) in [6, 6.07) is 15.6. The average molecular weight is 679 g/mol. The molecule has 4 rings (SSSR count). The smallest absolute Gasteiger partial charge is 0.408 e. The molecule has 12 nitrogen and oxygen atoms in total. The monoisotopic (exact) mass is 678 g/mol. The zero-order valence-electron chi connectivity index (χ0n) is 28.6. The summed E-state index contributed by atoms with van der Waals surface area (Å²) in [5, 5.41) is 14.2. The van der Waals surface area contributed by atoms with Gasteiger partial charge in [-0.05, 0) is 70.9 Å². The van der Waals surface area contributed by atoms with Gasteiger partial charge in [0.25, 0.3) is 0 Å². The van der Waals surface area contributed by atoms with Crippen LogP contribution >= 0.6 is 0 Å². The van der Waals surface area contributed by atoms with E-state index in [1.54, 1.807) is 39.5 Å². The van der Waals surface area contributed by atoms with Crippen LogP contribution in [-0.2, 0) is 19.1 Å². The number of rotatable bonds is 11. The lowest BCUT2D eigenvalue weighted by atomic mass is 9.92. The molecule has 0 radical (unpaired) electrons. The number of benzene rings is 2. The van der Waals surface area contributed by atoms with Gasteiger partial charge in [0, 0.05) is 25.0 Å². The topological polar surface area (TPSA) is 158 Å². The molecule has 12 heteroatoms. The molecule has 0 saturated carbocycles. The fraction of sp³-hybridized carbons (Fsp3) is 0.541. The summed E-state index contributed by atoms with van der Waals surface area (Å²) in [4.78, 5) is 68.7. The highest BCUT2D eigenvalue weighted by atomic mass is 16.6. The highest BCUT2D eigenvalue weighted by Crippen LogP contribution is 2.35. The van der Waals surface area contributed by atoms with Crippen LogP contribution in [0.2, 0.25) is 0 Å². The van der Waals surface area contributed by atoms with Crippen LogP contribution in [0, 0.1) is 5.92 Å². The van der Waals surface area contributed by atoms with Crippen LogP contribution in [-0.4, -0.2) is 77.6 Å². The molecule has 0 aromatic heterocycles. The maximum absolute atomic E-state index is 14.5. The molecule has 2 aliphatic rings. The van der Waals surface area contributed by atoms with Gasteiger partial charge in [-0.2, -0.15) is 0 Å². The summed E-state index contributed by atoms with van der Waals surface area (Å²) >= 11 is 0. The van der Waals surface area contributed by atoms with Crippen molar-refractivity contribution in [2.24, 2.45) is 5.92 Å². The quantitative estimate of drug-likeness (QED) is 0.237. The van der Waals surface area contributed by atoms with Gasteiger partial charge in [-0.25, -0.2) is 9.59 Å². The molecule has 6 amide bonds. The highest BCUT2D eigenvalue weighted by molar-refractivity contribution is 5.95. The van der Waals surface area contributed by atoms with E-state index in [1.165, 1.54) is 0 Å². The van der Waals surface area contributed by atoms with Crippen molar-refractivity contribution in [2.75, 3.05) is 13.1 Å². The van der Waals surface area contributed by atoms with Crippen molar-refractivity contribution in [1.29, 1.82) is 0 Å². The van der Waals surface area contributed by atoms with Gasteiger partial charge in [0.2, 0.25) is 17.7 Å². The second-order valence-corrected chi connectivity index (χ2v) is 13.4. The number of alkyl carbamates (subject to hydrolysis) is 1. The molecule has 2 aliphatic heterocycles. The molecular formula is C37H54N6O6. The van der Waals surface area contributed by atoms with Crippen LogP contribution in [0.1, 0.15) is 91.3 Å². The molecule has 4 unspecified atom stereocenters. The predicted octanol–water partition coefficient (Wildman–Crippen LogP) is 4.41. The van der Waals surface area contributed by atoms with Crippen molar-refractivity contribution in [2.45, 2.75) is 110 Å². The van der Waals surface area contributed by atoms with Crippen molar-refractivity contribution in [1.82, 2.24) is 31.5 Å². The van der Waals surface area contributed by atoms with E-state index < -0.39 is 47.7 Å². The summed E-state index contributed by atoms with van der Waals surface area (Å²) in [5.41, 5.74) is 1.07. The third-order valence-electron chi connectivity index (χ3n) is 8.80. The summed E-state index contributed by atoms with van der Waals surface area (Å²) in [5.74, 6) is -1.64. The van der Waals surface area contributed by atoms with Gasteiger partial charge in [0.1, 0.15) is 23.7 Å². The summed E-state index contributed by atoms with van der Waals surface area (Å²) in [7, 11) is 0. The van der Waals surface area contributed by atoms with Gasteiger partial charge in [-0.15, -0.1) is 0 Å². The molecule has 2 aromatic rings. The first-order valence-corrected chi connectivity index (χ1v) is 17.0. The molecule has 2 aromatic carbocycles.